The zero-order valence-corrected chi connectivity index (χ0v) is 13.7. The molecule has 1 saturated heterocycles. The lowest BCUT2D eigenvalue weighted by molar-refractivity contribution is 0.0902. The van der Waals surface area contributed by atoms with Gasteiger partial charge in [0.1, 0.15) is 5.75 Å². The van der Waals surface area contributed by atoms with Gasteiger partial charge in [0.2, 0.25) is 0 Å². The van der Waals surface area contributed by atoms with Crippen molar-refractivity contribution in [2.45, 2.75) is 45.3 Å². The molecule has 1 aromatic carbocycles. The molecule has 0 amide bonds. The molecular weight excluding hydrogens is 318 g/mol. The fraction of sp³-hybridized carbons (Fsp3) is 0.625. The Morgan fingerprint density at radius 1 is 1.45 bits per heavy atom. The second-order valence-corrected chi connectivity index (χ2v) is 6.07. The van der Waals surface area contributed by atoms with E-state index in [1.807, 2.05) is 6.07 Å². The molecule has 1 aliphatic heterocycles. The maximum Gasteiger partial charge on any atom is 0.133 e. The summed E-state index contributed by atoms with van der Waals surface area (Å²) in [6.45, 7) is 5.76. The highest BCUT2D eigenvalue weighted by molar-refractivity contribution is 9.10. The van der Waals surface area contributed by atoms with E-state index in [1.54, 1.807) is 0 Å². The zero-order chi connectivity index (χ0) is 14.2. The normalized spacial score (nSPS) is 18.4. The van der Waals surface area contributed by atoms with E-state index >= 15 is 0 Å². The highest BCUT2D eigenvalue weighted by Gasteiger charge is 2.15. The molecule has 0 spiro atoms. The van der Waals surface area contributed by atoms with Crippen LogP contribution in [0, 0.1) is 0 Å². The van der Waals surface area contributed by atoms with Crippen LogP contribution in [0.3, 0.4) is 0 Å². The number of halogens is 1. The highest BCUT2D eigenvalue weighted by atomic mass is 79.9. The SMILES string of the molecule is CCCNCc1ccc(OCCC2CCCO2)c(Br)c1. The van der Waals surface area contributed by atoms with Crippen LogP contribution in [0.25, 0.3) is 0 Å². The van der Waals surface area contributed by atoms with Crippen molar-refractivity contribution in [3.63, 3.8) is 0 Å². The van der Waals surface area contributed by atoms with Gasteiger partial charge in [-0.2, -0.15) is 0 Å². The Balaban J connectivity index is 1.76. The van der Waals surface area contributed by atoms with Crippen LogP contribution >= 0.6 is 15.9 Å². The van der Waals surface area contributed by atoms with Gasteiger partial charge in [-0.3, -0.25) is 0 Å². The Bertz CT molecular complexity index is 405. The van der Waals surface area contributed by atoms with E-state index < -0.39 is 0 Å². The number of nitrogens with one attached hydrogen (secondary N) is 1. The predicted octanol–water partition coefficient (Wildman–Crippen LogP) is 3.90. The third-order valence-corrected chi connectivity index (χ3v) is 4.09. The van der Waals surface area contributed by atoms with Gasteiger partial charge >= 0.3 is 0 Å². The Labute approximate surface area is 130 Å². The predicted molar refractivity (Wildman–Crippen MR) is 85.2 cm³/mol. The van der Waals surface area contributed by atoms with Crippen LogP contribution < -0.4 is 10.1 Å². The van der Waals surface area contributed by atoms with Crippen molar-refractivity contribution in [1.82, 2.24) is 5.32 Å². The Hall–Kier alpha value is -0.580. The molecule has 0 saturated carbocycles. The fourth-order valence-corrected chi connectivity index (χ4v) is 2.89. The molecule has 1 fully saturated rings. The molecule has 0 radical (unpaired) electrons. The van der Waals surface area contributed by atoms with Crippen LogP contribution in [0.2, 0.25) is 0 Å². The summed E-state index contributed by atoms with van der Waals surface area (Å²) in [4.78, 5) is 0. The molecule has 0 aliphatic carbocycles. The Morgan fingerprint density at radius 2 is 2.35 bits per heavy atom. The molecule has 1 atom stereocenters. The average Bonchev–Trinajstić information content (AvgIpc) is 2.95. The van der Waals surface area contributed by atoms with E-state index in [-0.39, 0.29) is 0 Å². The van der Waals surface area contributed by atoms with Crippen molar-refractivity contribution < 1.29 is 9.47 Å². The maximum absolute atomic E-state index is 5.83. The first-order chi connectivity index (χ1) is 9.79. The third kappa shape index (κ3) is 5.08. The second kappa shape index (κ2) is 8.65. The summed E-state index contributed by atoms with van der Waals surface area (Å²) >= 11 is 3.59. The first-order valence-corrected chi connectivity index (χ1v) is 8.32. The molecule has 0 bridgehead atoms. The molecule has 1 N–H and O–H groups in total. The van der Waals surface area contributed by atoms with Crippen molar-refractivity contribution in [2.24, 2.45) is 0 Å². The average molecular weight is 342 g/mol. The topological polar surface area (TPSA) is 30.5 Å². The van der Waals surface area contributed by atoms with Crippen molar-refractivity contribution in [3.05, 3.63) is 28.2 Å². The van der Waals surface area contributed by atoms with Gasteiger partial charge in [-0.05, 0) is 59.4 Å². The smallest absolute Gasteiger partial charge is 0.133 e. The molecule has 1 aliphatic rings. The molecular formula is C16H24BrNO2. The van der Waals surface area contributed by atoms with Gasteiger partial charge in [-0.25, -0.2) is 0 Å². The minimum Gasteiger partial charge on any atom is -0.492 e. The molecule has 4 heteroatoms. The van der Waals surface area contributed by atoms with Gasteiger partial charge in [0.05, 0.1) is 17.2 Å². The summed E-state index contributed by atoms with van der Waals surface area (Å²) in [6.07, 6.45) is 4.89. The van der Waals surface area contributed by atoms with Crippen molar-refractivity contribution in [2.75, 3.05) is 19.8 Å². The first kappa shape index (κ1) is 15.8. The molecule has 3 nitrogen and oxygen atoms in total. The largest absolute Gasteiger partial charge is 0.492 e. The number of benzene rings is 1. The van der Waals surface area contributed by atoms with Crippen LogP contribution in [-0.4, -0.2) is 25.9 Å². The minimum atomic E-state index is 0.395. The third-order valence-electron chi connectivity index (χ3n) is 3.47. The summed E-state index contributed by atoms with van der Waals surface area (Å²) in [5, 5.41) is 3.40. The van der Waals surface area contributed by atoms with Gasteiger partial charge in [-0.1, -0.05) is 13.0 Å². The van der Waals surface area contributed by atoms with Crippen LogP contribution in [-0.2, 0) is 11.3 Å². The minimum absolute atomic E-state index is 0.395. The molecule has 1 aromatic rings. The van der Waals surface area contributed by atoms with E-state index in [9.17, 15) is 0 Å². The quantitative estimate of drug-likeness (QED) is 0.727. The van der Waals surface area contributed by atoms with Crippen molar-refractivity contribution >= 4 is 15.9 Å². The monoisotopic (exact) mass is 341 g/mol. The summed E-state index contributed by atoms with van der Waals surface area (Å²) in [6, 6.07) is 6.29. The van der Waals surface area contributed by atoms with E-state index in [0.29, 0.717) is 6.10 Å². The summed E-state index contributed by atoms with van der Waals surface area (Å²) in [5.74, 6) is 0.919. The van der Waals surface area contributed by atoms with E-state index in [0.717, 1.165) is 49.4 Å². The zero-order valence-electron chi connectivity index (χ0n) is 12.2. The molecule has 112 valence electrons. The Morgan fingerprint density at radius 3 is 3.05 bits per heavy atom. The van der Waals surface area contributed by atoms with E-state index in [2.05, 4.69) is 40.3 Å². The van der Waals surface area contributed by atoms with Gasteiger partial charge < -0.3 is 14.8 Å². The molecule has 0 aromatic heterocycles. The number of hydrogen-bond donors (Lipinski definition) is 1. The summed E-state index contributed by atoms with van der Waals surface area (Å²) < 4.78 is 12.5. The van der Waals surface area contributed by atoms with Gasteiger partial charge in [0.15, 0.2) is 0 Å². The molecule has 1 unspecified atom stereocenters. The van der Waals surface area contributed by atoms with Gasteiger partial charge in [0, 0.05) is 19.6 Å². The summed E-state index contributed by atoms with van der Waals surface area (Å²) in [5.41, 5.74) is 1.27. The molecule has 1 heterocycles. The second-order valence-electron chi connectivity index (χ2n) is 5.21. The Kier molecular flexibility index (Phi) is 6.83. The lowest BCUT2D eigenvalue weighted by Gasteiger charge is -2.12. The molecule has 20 heavy (non-hydrogen) atoms. The van der Waals surface area contributed by atoms with Crippen LogP contribution in [0.15, 0.2) is 22.7 Å². The van der Waals surface area contributed by atoms with Gasteiger partial charge in [0.25, 0.3) is 0 Å². The number of hydrogen-bond acceptors (Lipinski definition) is 3. The lowest BCUT2D eigenvalue weighted by atomic mass is 10.2. The van der Waals surface area contributed by atoms with Crippen LogP contribution in [0.4, 0.5) is 0 Å². The molecule has 2 rings (SSSR count). The first-order valence-electron chi connectivity index (χ1n) is 7.53. The van der Waals surface area contributed by atoms with Gasteiger partial charge in [-0.15, -0.1) is 0 Å². The van der Waals surface area contributed by atoms with Crippen molar-refractivity contribution in [1.29, 1.82) is 0 Å². The summed E-state index contributed by atoms with van der Waals surface area (Å²) in [7, 11) is 0. The maximum atomic E-state index is 5.83. The standard InChI is InChI=1S/C16H24BrNO2/c1-2-8-18-12-13-5-6-16(15(17)11-13)20-10-7-14-4-3-9-19-14/h5-6,11,14,18H,2-4,7-10,12H2,1H3. The van der Waals surface area contributed by atoms with E-state index in [1.165, 1.54) is 18.4 Å². The number of rotatable bonds is 8. The van der Waals surface area contributed by atoms with Crippen LogP contribution in [0.5, 0.6) is 5.75 Å². The number of ether oxygens (including phenoxy) is 2. The highest BCUT2D eigenvalue weighted by Crippen LogP contribution is 2.26. The van der Waals surface area contributed by atoms with E-state index in [4.69, 9.17) is 9.47 Å². The van der Waals surface area contributed by atoms with Crippen LogP contribution in [0.1, 0.15) is 38.2 Å². The fourth-order valence-electron chi connectivity index (χ4n) is 2.35. The van der Waals surface area contributed by atoms with Crippen molar-refractivity contribution in [3.8, 4) is 5.75 Å². The lowest BCUT2D eigenvalue weighted by Crippen LogP contribution is -2.14.